The molecule has 2 atom stereocenters. The van der Waals surface area contributed by atoms with Crippen molar-refractivity contribution in [1.29, 1.82) is 0 Å². The van der Waals surface area contributed by atoms with Gasteiger partial charge in [-0.25, -0.2) is 4.98 Å². The van der Waals surface area contributed by atoms with Crippen LogP contribution in [0.25, 0.3) is 0 Å². The third-order valence-corrected chi connectivity index (χ3v) is 5.70. The van der Waals surface area contributed by atoms with Crippen LogP contribution in [-0.4, -0.2) is 35.0 Å². The van der Waals surface area contributed by atoms with Crippen LogP contribution in [-0.2, 0) is 0 Å². The van der Waals surface area contributed by atoms with Crippen molar-refractivity contribution in [3.63, 3.8) is 0 Å². The average molecular weight is 329 g/mol. The Kier molecular flexibility index (Phi) is 5.75. The number of carbonyl (C=O) groups is 1. The molecule has 5 nitrogen and oxygen atoms in total. The summed E-state index contributed by atoms with van der Waals surface area (Å²) in [4.78, 5) is 17.1. The number of thioether (sulfide) groups is 1. The minimum absolute atomic E-state index is 0.0886. The average Bonchev–Trinajstić information content (AvgIpc) is 3.02. The molecule has 0 aliphatic heterocycles. The molecular weight excluding hydrogens is 304 g/mol. The number of nitrogens with zero attached hydrogens (tertiary/aromatic N) is 1. The van der Waals surface area contributed by atoms with Gasteiger partial charge in [-0.1, -0.05) is 25.2 Å². The first kappa shape index (κ1) is 16.4. The summed E-state index contributed by atoms with van der Waals surface area (Å²) in [6, 6.07) is 0.267. The van der Waals surface area contributed by atoms with Gasteiger partial charge in [-0.2, -0.15) is 11.8 Å². The Morgan fingerprint density at radius 1 is 1.52 bits per heavy atom. The first-order valence-electron chi connectivity index (χ1n) is 7.33. The molecule has 0 saturated heterocycles. The maximum Gasteiger partial charge on any atom is 0.265 e. The molecule has 1 saturated carbocycles. The highest BCUT2D eigenvalue weighted by Gasteiger charge is 2.27. The van der Waals surface area contributed by atoms with Crippen LogP contribution in [0.15, 0.2) is 0 Å². The monoisotopic (exact) mass is 328 g/mol. The van der Waals surface area contributed by atoms with Crippen LogP contribution >= 0.6 is 23.1 Å². The fraction of sp³-hybridized carbons (Fsp3) is 0.714. The molecule has 2 rings (SSSR count). The number of rotatable bonds is 6. The lowest BCUT2D eigenvalue weighted by Gasteiger charge is -2.11. The molecule has 1 aliphatic rings. The summed E-state index contributed by atoms with van der Waals surface area (Å²) in [5.41, 5.74) is 5.87. The highest BCUT2D eigenvalue weighted by Crippen LogP contribution is 2.30. The Labute approximate surface area is 134 Å². The Morgan fingerprint density at radius 3 is 2.90 bits per heavy atom. The normalized spacial score (nSPS) is 21.7. The summed E-state index contributed by atoms with van der Waals surface area (Å²) in [7, 11) is 0. The number of amides is 1. The number of nitrogen functional groups attached to an aromatic ring is 1. The molecular formula is C14H24N4OS2. The molecule has 1 fully saturated rings. The molecule has 118 valence electrons. The van der Waals surface area contributed by atoms with E-state index in [4.69, 9.17) is 5.73 Å². The van der Waals surface area contributed by atoms with Crippen molar-refractivity contribution in [3.8, 4) is 0 Å². The predicted molar refractivity (Wildman–Crippen MR) is 92.3 cm³/mol. The van der Waals surface area contributed by atoms with Crippen molar-refractivity contribution in [3.05, 3.63) is 4.88 Å². The summed E-state index contributed by atoms with van der Waals surface area (Å²) >= 11 is 3.21. The van der Waals surface area contributed by atoms with E-state index in [1.807, 2.05) is 11.8 Å². The molecule has 0 bridgehead atoms. The van der Waals surface area contributed by atoms with Crippen LogP contribution in [0.1, 0.15) is 42.8 Å². The fourth-order valence-corrected chi connectivity index (χ4v) is 3.99. The van der Waals surface area contributed by atoms with Gasteiger partial charge in [0, 0.05) is 17.8 Å². The van der Waals surface area contributed by atoms with Gasteiger partial charge in [0.15, 0.2) is 5.13 Å². The minimum atomic E-state index is -0.0886. The topological polar surface area (TPSA) is 80.0 Å². The summed E-state index contributed by atoms with van der Waals surface area (Å²) in [6.45, 7) is 5.08. The van der Waals surface area contributed by atoms with Gasteiger partial charge < -0.3 is 16.4 Å². The van der Waals surface area contributed by atoms with E-state index >= 15 is 0 Å². The van der Waals surface area contributed by atoms with Crippen LogP contribution in [0.5, 0.6) is 0 Å². The molecule has 1 aliphatic carbocycles. The Balaban J connectivity index is 1.93. The van der Waals surface area contributed by atoms with Gasteiger partial charge >= 0.3 is 0 Å². The summed E-state index contributed by atoms with van der Waals surface area (Å²) in [5.74, 6) is 0.756. The molecule has 0 radical (unpaired) electrons. The zero-order chi connectivity index (χ0) is 15.4. The van der Waals surface area contributed by atoms with Crippen molar-refractivity contribution >= 4 is 40.0 Å². The molecule has 0 spiro atoms. The lowest BCUT2D eigenvalue weighted by atomic mass is 10.2. The van der Waals surface area contributed by atoms with E-state index in [1.165, 1.54) is 17.8 Å². The zero-order valence-electron chi connectivity index (χ0n) is 12.8. The number of carbonyl (C=O) groups excluding carboxylic acids is 1. The Bertz CT molecular complexity index is 489. The maximum absolute atomic E-state index is 12.3. The second-order valence-electron chi connectivity index (χ2n) is 5.85. The number of anilines is 2. The molecule has 4 N–H and O–H groups in total. The van der Waals surface area contributed by atoms with Crippen molar-refractivity contribution < 1.29 is 4.79 Å². The summed E-state index contributed by atoms with van der Waals surface area (Å²) in [5, 5.41) is 7.69. The van der Waals surface area contributed by atoms with Crippen LogP contribution in [0, 0.1) is 5.92 Å². The van der Waals surface area contributed by atoms with Gasteiger partial charge in [0.25, 0.3) is 5.91 Å². The number of aromatic nitrogens is 1. The molecule has 1 aromatic rings. The van der Waals surface area contributed by atoms with Gasteiger partial charge in [0.1, 0.15) is 10.7 Å². The maximum atomic E-state index is 12.3. The van der Waals surface area contributed by atoms with Crippen LogP contribution < -0.4 is 16.4 Å². The van der Waals surface area contributed by atoms with E-state index in [0.29, 0.717) is 21.9 Å². The van der Waals surface area contributed by atoms with Gasteiger partial charge in [0.2, 0.25) is 0 Å². The second-order valence-corrected chi connectivity index (χ2v) is 7.99. The van der Waals surface area contributed by atoms with Gasteiger partial charge in [-0.15, -0.1) is 0 Å². The molecule has 21 heavy (non-hydrogen) atoms. The highest BCUT2D eigenvalue weighted by molar-refractivity contribution is 7.99. The summed E-state index contributed by atoms with van der Waals surface area (Å²) in [6.07, 6.45) is 5.40. The first-order chi connectivity index (χ1) is 9.99. The molecule has 1 heterocycles. The van der Waals surface area contributed by atoms with E-state index in [-0.39, 0.29) is 11.9 Å². The highest BCUT2D eigenvalue weighted by atomic mass is 32.2. The molecule has 1 amide bonds. The van der Waals surface area contributed by atoms with Crippen LogP contribution in [0.4, 0.5) is 10.9 Å². The molecule has 2 unspecified atom stereocenters. The number of nitrogens with two attached hydrogens (primary N) is 1. The quantitative estimate of drug-likeness (QED) is 0.748. The van der Waals surface area contributed by atoms with E-state index in [2.05, 4.69) is 35.7 Å². The van der Waals surface area contributed by atoms with Crippen LogP contribution in [0.2, 0.25) is 0 Å². The molecule has 7 heteroatoms. The fourth-order valence-electron chi connectivity index (χ4n) is 2.40. The number of hydrogen-bond donors (Lipinski definition) is 3. The van der Waals surface area contributed by atoms with Crippen molar-refractivity contribution in [2.24, 2.45) is 5.92 Å². The van der Waals surface area contributed by atoms with Gasteiger partial charge in [0.05, 0.1) is 0 Å². The van der Waals surface area contributed by atoms with Gasteiger partial charge in [-0.3, -0.25) is 4.79 Å². The van der Waals surface area contributed by atoms with E-state index in [9.17, 15) is 4.79 Å². The van der Waals surface area contributed by atoms with E-state index in [0.717, 1.165) is 24.5 Å². The number of nitrogens with one attached hydrogen (secondary N) is 2. The number of thiazole rings is 1. The Morgan fingerprint density at radius 2 is 2.29 bits per heavy atom. The minimum Gasteiger partial charge on any atom is -0.382 e. The Hall–Kier alpha value is -0.950. The third-order valence-electron chi connectivity index (χ3n) is 3.57. The largest absolute Gasteiger partial charge is 0.382 e. The zero-order valence-corrected chi connectivity index (χ0v) is 14.4. The SMILES string of the molecule is CSC1CCC(NC(=O)c2sc(NCC(C)C)nc2N)C1. The summed E-state index contributed by atoms with van der Waals surface area (Å²) < 4.78 is 0. The van der Waals surface area contributed by atoms with E-state index < -0.39 is 0 Å². The smallest absolute Gasteiger partial charge is 0.265 e. The van der Waals surface area contributed by atoms with Crippen molar-refractivity contribution in [1.82, 2.24) is 10.3 Å². The van der Waals surface area contributed by atoms with Gasteiger partial charge in [-0.05, 0) is 31.4 Å². The van der Waals surface area contributed by atoms with E-state index in [1.54, 1.807) is 0 Å². The molecule has 0 aromatic carbocycles. The van der Waals surface area contributed by atoms with Crippen molar-refractivity contribution in [2.45, 2.75) is 44.4 Å². The lowest BCUT2D eigenvalue weighted by Crippen LogP contribution is -2.33. The number of hydrogen-bond acceptors (Lipinski definition) is 6. The predicted octanol–water partition coefficient (Wildman–Crippen LogP) is 2.81. The standard InChI is InChI=1S/C14H24N4OS2/c1-8(2)7-16-14-18-12(15)11(21-14)13(19)17-9-4-5-10(6-9)20-3/h8-10H,4-7,15H2,1-3H3,(H,16,18)(H,17,19). The first-order valence-corrected chi connectivity index (χ1v) is 9.43. The molecule has 1 aromatic heterocycles. The second kappa shape index (κ2) is 7.35. The lowest BCUT2D eigenvalue weighted by molar-refractivity contribution is 0.0943. The third kappa shape index (κ3) is 4.51. The van der Waals surface area contributed by atoms with Crippen molar-refractivity contribution in [2.75, 3.05) is 23.9 Å². The van der Waals surface area contributed by atoms with Crippen LogP contribution in [0.3, 0.4) is 0 Å².